The first kappa shape index (κ1) is 13.9. The van der Waals surface area contributed by atoms with Crippen molar-refractivity contribution in [2.75, 3.05) is 7.11 Å². The number of nitrogens with zero attached hydrogens (tertiary/aromatic N) is 1. The minimum atomic E-state index is -0.545. The van der Waals surface area contributed by atoms with Crippen LogP contribution in [0.4, 0.5) is 4.39 Å². The van der Waals surface area contributed by atoms with Gasteiger partial charge < -0.3 is 4.74 Å². The fraction of sp³-hybridized carbons (Fsp3) is 0.125. The van der Waals surface area contributed by atoms with Gasteiger partial charge in [-0.05, 0) is 36.8 Å². The highest BCUT2D eigenvalue weighted by Gasteiger charge is 2.11. The molecule has 0 saturated heterocycles. The molecule has 3 nitrogen and oxygen atoms in total. The largest absolute Gasteiger partial charge is 0.464 e. The molecule has 0 saturated carbocycles. The van der Waals surface area contributed by atoms with Gasteiger partial charge in [-0.15, -0.1) is 0 Å². The summed E-state index contributed by atoms with van der Waals surface area (Å²) in [6.07, 6.45) is 3.74. The van der Waals surface area contributed by atoms with E-state index in [0.29, 0.717) is 11.3 Å². The van der Waals surface area contributed by atoms with Crippen LogP contribution in [0.1, 0.15) is 23.0 Å². The average Bonchev–Trinajstić information content (AvgIpc) is 2.49. The Hall–Kier alpha value is -2.49. The maximum atomic E-state index is 13.9. The van der Waals surface area contributed by atoms with Crippen molar-refractivity contribution >= 4 is 12.0 Å². The zero-order valence-corrected chi connectivity index (χ0v) is 11.3. The van der Waals surface area contributed by atoms with Gasteiger partial charge in [-0.2, -0.15) is 0 Å². The smallest absolute Gasteiger partial charge is 0.356 e. The topological polar surface area (TPSA) is 39.2 Å². The van der Waals surface area contributed by atoms with E-state index in [1.165, 1.54) is 19.2 Å². The van der Waals surface area contributed by atoms with Gasteiger partial charge in [0.25, 0.3) is 0 Å². The monoisotopic (exact) mass is 271 g/mol. The van der Waals surface area contributed by atoms with Gasteiger partial charge in [0.15, 0.2) is 0 Å². The molecule has 4 heteroatoms. The summed E-state index contributed by atoms with van der Waals surface area (Å²) in [5.74, 6) is -0.926. The number of halogens is 1. The molecule has 0 fully saturated rings. The second-order valence-electron chi connectivity index (χ2n) is 4.14. The predicted molar refractivity (Wildman–Crippen MR) is 75.7 cm³/mol. The maximum Gasteiger partial charge on any atom is 0.356 e. The van der Waals surface area contributed by atoms with Crippen LogP contribution in [0.15, 0.2) is 42.5 Å². The fourth-order valence-corrected chi connectivity index (χ4v) is 1.84. The highest BCUT2D eigenvalue weighted by Crippen LogP contribution is 2.23. The van der Waals surface area contributed by atoms with Crippen molar-refractivity contribution in [1.82, 2.24) is 4.98 Å². The predicted octanol–water partition coefficient (Wildman–Crippen LogP) is 3.71. The molecular formula is C16H14FNO2. The summed E-state index contributed by atoms with van der Waals surface area (Å²) >= 11 is 0. The molecule has 1 aromatic heterocycles. The number of rotatable bonds is 3. The Bertz CT molecular complexity index is 665. The van der Waals surface area contributed by atoms with Gasteiger partial charge in [-0.3, -0.25) is 0 Å². The minimum Gasteiger partial charge on any atom is -0.464 e. The van der Waals surface area contributed by atoms with Crippen LogP contribution in [0.5, 0.6) is 0 Å². The number of hydrogen-bond donors (Lipinski definition) is 0. The van der Waals surface area contributed by atoms with E-state index in [1.54, 1.807) is 24.3 Å². The quantitative estimate of drug-likeness (QED) is 0.799. The zero-order valence-electron chi connectivity index (χ0n) is 11.3. The van der Waals surface area contributed by atoms with Crippen LogP contribution in [-0.4, -0.2) is 18.1 Å². The van der Waals surface area contributed by atoms with Crippen LogP contribution in [0.3, 0.4) is 0 Å². The van der Waals surface area contributed by atoms with E-state index >= 15 is 0 Å². The Morgan fingerprint density at radius 2 is 2.10 bits per heavy atom. The highest BCUT2D eigenvalue weighted by molar-refractivity contribution is 5.87. The lowest BCUT2D eigenvalue weighted by atomic mass is 10.1. The van der Waals surface area contributed by atoms with E-state index in [9.17, 15) is 9.18 Å². The lowest BCUT2D eigenvalue weighted by molar-refractivity contribution is 0.0594. The molecule has 0 aliphatic carbocycles. The summed E-state index contributed by atoms with van der Waals surface area (Å²) in [6, 6.07) is 9.60. The van der Waals surface area contributed by atoms with E-state index in [2.05, 4.69) is 9.72 Å². The van der Waals surface area contributed by atoms with Crippen LogP contribution in [0.2, 0.25) is 0 Å². The first-order valence-electron chi connectivity index (χ1n) is 6.13. The number of esters is 1. The fourth-order valence-electron chi connectivity index (χ4n) is 1.84. The van der Waals surface area contributed by atoms with E-state index in [-0.39, 0.29) is 11.5 Å². The molecule has 1 heterocycles. The standard InChI is InChI=1S/C16H14FNO2/c1-3-5-11-8-9-13(17)12(10-11)14-6-4-7-15(18-14)16(19)20-2/h3-10H,1-2H3/b5-3-. The van der Waals surface area contributed by atoms with Gasteiger partial charge in [0.05, 0.1) is 12.8 Å². The third-order valence-corrected chi connectivity index (χ3v) is 2.77. The number of carbonyl (C=O) groups excluding carboxylic acids is 1. The highest BCUT2D eigenvalue weighted by atomic mass is 19.1. The Morgan fingerprint density at radius 1 is 1.30 bits per heavy atom. The van der Waals surface area contributed by atoms with Crippen molar-refractivity contribution in [2.24, 2.45) is 0 Å². The third kappa shape index (κ3) is 2.91. The molecule has 0 bridgehead atoms. The van der Waals surface area contributed by atoms with Gasteiger partial charge in [0, 0.05) is 5.56 Å². The van der Waals surface area contributed by atoms with Crippen LogP contribution in [0.25, 0.3) is 17.3 Å². The number of carbonyl (C=O) groups is 1. The molecule has 2 aromatic rings. The first-order valence-corrected chi connectivity index (χ1v) is 6.13. The van der Waals surface area contributed by atoms with E-state index in [4.69, 9.17) is 0 Å². The van der Waals surface area contributed by atoms with Crippen molar-refractivity contribution in [3.8, 4) is 11.3 Å². The van der Waals surface area contributed by atoms with Gasteiger partial charge in [-0.1, -0.05) is 24.3 Å². The van der Waals surface area contributed by atoms with E-state index < -0.39 is 5.97 Å². The molecule has 2 rings (SSSR count). The number of hydrogen-bond acceptors (Lipinski definition) is 3. The Balaban J connectivity index is 2.50. The van der Waals surface area contributed by atoms with Crippen molar-refractivity contribution < 1.29 is 13.9 Å². The second kappa shape index (κ2) is 6.10. The van der Waals surface area contributed by atoms with Crippen molar-refractivity contribution in [3.63, 3.8) is 0 Å². The van der Waals surface area contributed by atoms with Crippen molar-refractivity contribution in [3.05, 3.63) is 59.5 Å². The van der Waals surface area contributed by atoms with Crippen LogP contribution < -0.4 is 0 Å². The summed E-state index contributed by atoms with van der Waals surface area (Å²) in [7, 11) is 1.28. The molecular weight excluding hydrogens is 257 g/mol. The zero-order chi connectivity index (χ0) is 14.5. The average molecular weight is 271 g/mol. The number of allylic oxidation sites excluding steroid dienone is 1. The van der Waals surface area contributed by atoms with Crippen LogP contribution >= 0.6 is 0 Å². The molecule has 0 aliphatic heterocycles. The molecule has 0 spiro atoms. The third-order valence-electron chi connectivity index (χ3n) is 2.77. The number of ether oxygens (including phenoxy) is 1. The minimum absolute atomic E-state index is 0.154. The van der Waals surface area contributed by atoms with E-state index in [0.717, 1.165) is 5.56 Å². The lowest BCUT2D eigenvalue weighted by Crippen LogP contribution is -2.04. The van der Waals surface area contributed by atoms with Crippen LogP contribution in [-0.2, 0) is 4.74 Å². The maximum absolute atomic E-state index is 13.9. The van der Waals surface area contributed by atoms with Gasteiger partial charge >= 0.3 is 5.97 Å². The number of benzene rings is 1. The first-order chi connectivity index (χ1) is 9.65. The molecule has 0 unspecified atom stereocenters. The lowest BCUT2D eigenvalue weighted by Gasteiger charge is -2.06. The molecule has 0 aliphatic rings. The molecule has 0 N–H and O–H groups in total. The number of methoxy groups -OCH3 is 1. The summed E-state index contributed by atoms with van der Waals surface area (Å²) in [4.78, 5) is 15.6. The van der Waals surface area contributed by atoms with Crippen molar-refractivity contribution in [1.29, 1.82) is 0 Å². The number of aromatic nitrogens is 1. The molecule has 102 valence electrons. The number of pyridine rings is 1. The Kier molecular flexibility index (Phi) is 4.25. The normalized spacial score (nSPS) is 10.8. The van der Waals surface area contributed by atoms with Gasteiger partial charge in [-0.25, -0.2) is 14.2 Å². The Labute approximate surface area is 116 Å². The molecule has 0 radical (unpaired) electrons. The Morgan fingerprint density at radius 3 is 2.80 bits per heavy atom. The van der Waals surface area contributed by atoms with Crippen molar-refractivity contribution in [2.45, 2.75) is 6.92 Å². The van der Waals surface area contributed by atoms with Gasteiger partial charge in [0.1, 0.15) is 11.5 Å². The summed E-state index contributed by atoms with van der Waals surface area (Å²) in [5, 5.41) is 0. The summed E-state index contributed by atoms with van der Waals surface area (Å²) in [6.45, 7) is 1.89. The molecule has 0 amide bonds. The second-order valence-corrected chi connectivity index (χ2v) is 4.14. The van der Waals surface area contributed by atoms with Gasteiger partial charge in [0.2, 0.25) is 0 Å². The molecule has 1 aromatic carbocycles. The summed E-state index contributed by atoms with van der Waals surface area (Å²) in [5.41, 5.74) is 1.78. The summed E-state index contributed by atoms with van der Waals surface area (Å²) < 4.78 is 18.5. The SMILES string of the molecule is C/C=C\c1ccc(F)c(-c2cccc(C(=O)OC)n2)c1. The molecule has 0 atom stereocenters. The molecule has 20 heavy (non-hydrogen) atoms. The van der Waals surface area contributed by atoms with Crippen LogP contribution in [0, 0.1) is 5.82 Å². The van der Waals surface area contributed by atoms with E-state index in [1.807, 2.05) is 19.1 Å².